The largest absolute Gasteiger partial charge is 0.380 e. The van der Waals surface area contributed by atoms with Crippen molar-refractivity contribution in [3.05, 3.63) is 35.4 Å². The van der Waals surface area contributed by atoms with E-state index in [0.29, 0.717) is 32.0 Å². The van der Waals surface area contributed by atoms with Crippen molar-refractivity contribution in [2.24, 2.45) is 10.9 Å². The number of benzene rings is 1. The lowest BCUT2D eigenvalue weighted by Crippen LogP contribution is -2.38. The molecule has 1 amide bonds. The molecule has 6 nitrogen and oxygen atoms in total. The van der Waals surface area contributed by atoms with Crippen molar-refractivity contribution in [3.63, 3.8) is 0 Å². The summed E-state index contributed by atoms with van der Waals surface area (Å²) in [5, 5.41) is 6.58. The lowest BCUT2D eigenvalue weighted by atomic mass is 10.1. The number of hydrogen-bond acceptors (Lipinski definition) is 3. The van der Waals surface area contributed by atoms with Gasteiger partial charge in [-0.15, -0.1) is 24.0 Å². The standard InChI is InChI=1S/C21H34N4O2.HI/c1-17(2)10-13-27-14-11-23-21(22-3)24-15-18-6-8-19(9-7-18)16-25-12-4-5-20(25)26;/h6-9,17H,4-5,10-16H2,1-3H3,(H2,22,23,24);1H. The zero-order valence-electron chi connectivity index (χ0n) is 17.4. The van der Waals surface area contributed by atoms with Gasteiger partial charge >= 0.3 is 0 Å². The molecule has 2 N–H and O–H groups in total. The molecule has 1 aromatic carbocycles. The first-order valence-electron chi connectivity index (χ1n) is 9.96. The molecule has 0 aromatic heterocycles. The summed E-state index contributed by atoms with van der Waals surface area (Å²) in [5.74, 6) is 1.72. The Kier molecular flexibility index (Phi) is 12.1. The highest BCUT2D eigenvalue weighted by molar-refractivity contribution is 14.0. The number of guanidine groups is 1. The maximum absolute atomic E-state index is 11.7. The van der Waals surface area contributed by atoms with Gasteiger partial charge in [-0.25, -0.2) is 0 Å². The van der Waals surface area contributed by atoms with Crippen molar-refractivity contribution in [1.82, 2.24) is 15.5 Å². The van der Waals surface area contributed by atoms with Gasteiger partial charge in [0.2, 0.25) is 5.91 Å². The van der Waals surface area contributed by atoms with Crippen LogP contribution in [-0.4, -0.2) is 50.1 Å². The molecule has 1 saturated heterocycles. The van der Waals surface area contributed by atoms with Gasteiger partial charge in [0.25, 0.3) is 0 Å². The number of carbonyl (C=O) groups is 1. The fourth-order valence-corrected chi connectivity index (χ4v) is 2.92. The third kappa shape index (κ3) is 9.23. The molecule has 0 unspecified atom stereocenters. The Morgan fingerprint density at radius 3 is 2.50 bits per heavy atom. The first-order valence-corrected chi connectivity index (χ1v) is 9.96. The lowest BCUT2D eigenvalue weighted by molar-refractivity contribution is -0.128. The van der Waals surface area contributed by atoms with Crippen LogP contribution in [0, 0.1) is 5.92 Å². The van der Waals surface area contributed by atoms with Gasteiger partial charge in [0.15, 0.2) is 5.96 Å². The van der Waals surface area contributed by atoms with Gasteiger partial charge in [-0.05, 0) is 29.9 Å². The maximum atomic E-state index is 11.7. The Hall–Kier alpha value is -1.35. The van der Waals surface area contributed by atoms with E-state index in [2.05, 4.69) is 53.7 Å². The van der Waals surface area contributed by atoms with Gasteiger partial charge in [0.1, 0.15) is 0 Å². The molecule has 1 aliphatic heterocycles. The summed E-state index contributed by atoms with van der Waals surface area (Å²) in [6.07, 6.45) is 2.77. The van der Waals surface area contributed by atoms with E-state index in [1.165, 1.54) is 11.1 Å². The van der Waals surface area contributed by atoms with E-state index in [0.717, 1.165) is 38.5 Å². The Labute approximate surface area is 186 Å². The van der Waals surface area contributed by atoms with Crippen molar-refractivity contribution in [2.45, 2.75) is 46.2 Å². The summed E-state index contributed by atoms with van der Waals surface area (Å²) < 4.78 is 5.60. The van der Waals surface area contributed by atoms with Crippen molar-refractivity contribution >= 4 is 35.8 Å². The number of ether oxygens (including phenoxy) is 1. The molecule has 1 aromatic rings. The predicted octanol–water partition coefficient (Wildman–Crippen LogP) is 3.15. The number of likely N-dealkylation sites (tertiary alicyclic amines) is 1. The van der Waals surface area contributed by atoms with E-state index >= 15 is 0 Å². The van der Waals surface area contributed by atoms with Crippen LogP contribution in [0.1, 0.15) is 44.2 Å². The Balaban J connectivity index is 0.00000392. The molecule has 1 fully saturated rings. The van der Waals surface area contributed by atoms with E-state index in [1.54, 1.807) is 7.05 Å². The van der Waals surface area contributed by atoms with Crippen LogP contribution in [0.5, 0.6) is 0 Å². The van der Waals surface area contributed by atoms with Gasteiger partial charge in [-0.2, -0.15) is 0 Å². The fourth-order valence-electron chi connectivity index (χ4n) is 2.92. The van der Waals surface area contributed by atoms with Crippen LogP contribution in [0.2, 0.25) is 0 Å². The highest BCUT2D eigenvalue weighted by Crippen LogP contribution is 2.14. The topological polar surface area (TPSA) is 66.0 Å². The van der Waals surface area contributed by atoms with Gasteiger partial charge in [-0.3, -0.25) is 9.79 Å². The van der Waals surface area contributed by atoms with Crippen molar-refractivity contribution < 1.29 is 9.53 Å². The first kappa shape index (κ1) is 24.7. The third-order valence-electron chi connectivity index (χ3n) is 4.63. The van der Waals surface area contributed by atoms with Gasteiger partial charge in [-0.1, -0.05) is 38.1 Å². The molecule has 2 rings (SSSR count). The highest BCUT2D eigenvalue weighted by atomic mass is 127. The summed E-state index contributed by atoms with van der Waals surface area (Å²) >= 11 is 0. The van der Waals surface area contributed by atoms with Crippen LogP contribution < -0.4 is 10.6 Å². The lowest BCUT2D eigenvalue weighted by Gasteiger charge is -2.16. The molecule has 28 heavy (non-hydrogen) atoms. The molecule has 0 saturated carbocycles. The monoisotopic (exact) mass is 502 g/mol. The molecule has 1 heterocycles. The van der Waals surface area contributed by atoms with Crippen LogP contribution in [0.15, 0.2) is 29.3 Å². The number of nitrogens with zero attached hydrogens (tertiary/aromatic N) is 2. The number of hydrogen-bond donors (Lipinski definition) is 2. The van der Waals surface area contributed by atoms with Crippen LogP contribution in [0.25, 0.3) is 0 Å². The Bertz CT molecular complexity index is 605. The summed E-state index contributed by atoms with van der Waals surface area (Å²) in [4.78, 5) is 17.9. The zero-order valence-corrected chi connectivity index (χ0v) is 19.7. The average molecular weight is 502 g/mol. The highest BCUT2D eigenvalue weighted by Gasteiger charge is 2.19. The van der Waals surface area contributed by atoms with Gasteiger partial charge in [0.05, 0.1) is 6.61 Å². The number of nitrogens with one attached hydrogen (secondary N) is 2. The predicted molar refractivity (Wildman–Crippen MR) is 125 cm³/mol. The van der Waals surface area contributed by atoms with Gasteiger partial charge in [0, 0.05) is 46.3 Å². The fraction of sp³-hybridized carbons (Fsp3) is 0.619. The van der Waals surface area contributed by atoms with Crippen LogP contribution in [0.4, 0.5) is 0 Å². The number of aliphatic imine (C=N–C) groups is 1. The molecule has 1 aliphatic rings. The number of carbonyl (C=O) groups excluding carboxylic acids is 1. The number of amides is 1. The summed E-state index contributed by atoms with van der Waals surface area (Å²) in [7, 11) is 1.77. The second kappa shape index (κ2) is 13.8. The SMILES string of the molecule is CN=C(NCCOCCC(C)C)NCc1ccc(CN2CCCC2=O)cc1.I. The van der Waals surface area contributed by atoms with Crippen LogP contribution >= 0.6 is 24.0 Å². The quantitative estimate of drug-likeness (QED) is 0.223. The van der Waals surface area contributed by atoms with Crippen molar-refractivity contribution in [3.8, 4) is 0 Å². The second-order valence-electron chi connectivity index (χ2n) is 7.38. The minimum absolute atomic E-state index is 0. The molecule has 7 heteroatoms. The minimum atomic E-state index is 0. The third-order valence-corrected chi connectivity index (χ3v) is 4.63. The molecule has 0 atom stereocenters. The summed E-state index contributed by atoms with van der Waals surface area (Å²) in [5.41, 5.74) is 2.36. The molecule has 0 bridgehead atoms. The van der Waals surface area contributed by atoms with E-state index < -0.39 is 0 Å². The summed E-state index contributed by atoms with van der Waals surface area (Å²) in [6.45, 7) is 8.92. The van der Waals surface area contributed by atoms with Crippen LogP contribution in [0.3, 0.4) is 0 Å². The molecule has 0 spiro atoms. The number of halogens is 1. The molecule has 158 valence electrons. The maximum Gasteiger partial charge on any atom is 0.222 e. The summed E-state index contributed by atoms with van der Waals surface area (Å²) in [6, 6.07) is 8.40. The smallest absolute Gasteiger partial charge is 0.222 e. The Morgan fingerprint density at radius 1 is 1.18 bits per heavy atom. The van der Waals surface area contributed by atoms with Gasteiger partial charge < -0.3 is 20.3 Å². The van der Waals surface area contributed by atoms with Crippen LogP contribution in [-0.2, 0) is 22.6 Å². The minimum Gasteiger partial charge on any atom is -0.380 e. The first-order chi connectivity index (χ1) is 13.1. The Morgan fingerprint density at radius 2 is 1.89 bits per heavy atom. The molecule has 0 aliphatic carbocycles. The average Bonchev–Trinajstić information content (AvgIpc) is 3.06. The molecule has 0 radical (unpaired) electrons. The normalized spacial score (nSPS) is 14.4. The van der Waals surface area contributed by atoms with E-state index in [1.807, 2.05) is 4.90 Å². The zero-order chi connectivity index (χ0) is 19.5. The second-order valence-corrected chi connectivity index (χ2v) is 7.38. The number of rotatable bonds is 10. The molecular weight excluding hydrogens is 467 g/mol. The molecular formula is C21H35IN4O2. The van der Waals surface area contributed by atoms with E-state index in [4.69, 9.17) is 4.74 Å². The van der Waals surface area contributed by atoms with Crippen molar-refractivity contribution in [1.29, 1.82) is 0 Å². The van der Waals surface area contributed by atoms with E-state index in [-0.39, 0.29) is 29.9 Å². The van der Waals surface area contributed by atoms with Crippen molar-refractivity contribution in [2.75, 3.05) is 33.4 Å². The van der Waals surface area contributed by atoms with E-state index in [9.17, 15) is 4.79 Å².